The Morgan fingerprint density at radius 2 is 1.94 bits per heavy atom. The van der Waals surface area contributed by atoms with E-state index in [2.05, 4.69) is 44.3 Å². The van der Waals surface area contributed by atoms with Gasteiger partial charge >= 0.3 is 0 Å². The van der Waals surface area contributed by atoms with Crippen LogP contribution in [0.3, 0.4) is 0 Å². The fraction of sp³-hybridized carbons (Fsp3) is 0.571. The Bertz CT molecular complexity index is 495. The summed E-state index contributed by atoms with van der Waals surface area (Å²) < 4.78 is 22.0. The molecule has 102 valence electrons. The van der Waals surface area contributed by atoms with Crippen molar-refractivity contribution in [2.24, 2.45) is 0 Å². The standard InChI is InChI=1S/C14H23NO2S/c1-11-6-7-12(2)14(10-11)13(3)15-8-5-9-18(4,16)17/h6-7,10,13,15H,5,8-9H2,1-4H3. The van der Waals surface area contributed by atoms with E-state index in [4.69, 9.17) is 0 Å². The van der Waals surface area contributed by atoms with Gasteiger partial charge in [0.05, 0.1) is 5.75 Å². The molecule has 0 saturated carbocycles. The molecule has 1 aromatic carbocycles. The predicted molar refractivity (Wildman–Crippen MR) is 76.7 cm³/mol. The van der Waals surface area contributed by atoms with Crippen LogP contribution in [0.5, 0.6) is 0 Å². The van der Waals surface area contributed by atoms with Crippen LogP contribution >= 0.6 is 0 Å². The Morgan fingerprint density at radius 3 is 2.56 bits per heavy atom. The summed E-state index contributed by atoms with van der Waals surface area (Å²) in [6.07, 6.45) is 1.94. The van der Waals surface area contributed by atoms with Gasteiger partial charge in [-0.25, -0.2) is 8.42 Å². The highest BCUT2D eigenvalue weighted by atomic mass is 32.2. The van der Waals surface area contributed by atoms with Crippen LogP contribution in [-0.2, 0) is 9.84 Å². The Hall–Kier alpha value is -0.870. The van der Waals surface area contributed by atoms with Gasteiger partial charge in [-0.1, -0.05) is 23.8 Å². The molecule has 0 spiro atoms. The molecule has 0 aromatic heterocycles. The topological polar surface area (TPSA) is 46.2 Å². The highest BCUT2D eigenvalue weighted by Gasteiger charge is 2.08. The van der Waals surface area contributed by atoms with E-state index in [0.717, 1.165) is 6.54 Å². The summed E-state index contributed by atoms with van der Waals surface area (Å²) >= 11 is 0. The smallest absolute Gasteiger partial charge is 0.147 e. The van der Waals surface area contributed by atoms with E-state index in [9.17, 15) is 8.42 Å². The molecule has 0 heterocycles. The zero-order chi connectivity index (χ0) is 13.8. The summed E-state index contributed by atoms with van der Waals surface area (Å²) in [4.78, 5) is 0. The summed E-state index contributed by atoms with van der Waals surface area (Å²) in [7, 11) is -2.84. The van der Waals surface area contributed by atoms with Crippen molar-refractivity contribution in [1.82, 2.24) is 5.32 Å². The van der Waals surface area contributed by atoms with Crippen molar-refractivity contribution in [2.45, 2.75) is 33.2 Å². The minimum Gasteiger partial charge on any atom is -0.310 e. The fourth-order valence-electron chi connectivity index (χ4n) is 1.99. The van der Waals surface area contributed by atoms with Gasteiger partial charge in [-0.3, -0.25) is 0 Å². The average Bonchev–Trinajstić information content (AvgIpc) is 2.26. The highest BCUT2D eigenvalue weighted by molar-refractivity contribution is 7.90. The maximum absolute atomic E-state index is 11.0. The molecule has 1 unspecified atom stereocenters. The number of rotatable bonds is 6. The molecule has 1 aromatic rings. The summed E-state index contributed by atoms with van der Waals surface area (Å²) in [6.45, 7) is 7.02. The largest absolute Gasteiger partial charge is 0.310 e. The van der Waals surface area contributed by atoms with Crippen molar-refractivity contribution in [2.75, 3.05) is 18.6 Å². The van der Waals surface area contributed by atoms with Gasteiger partial charge in [0.2, 0.25) is 0 Å². The van der Waals surface area contributed by atoms with Crippen LogP contribution in [-0.4, -0.2) is 27.0 Å². The van der Waals surface area contributed by atoms with Gasteiger partial charge in [0, 0.05) is 12.3 Å². The van der Waals surface area contributed by atoms with E-state index in [1.54, 1.807) is 0 Å². The first-order valence-electron chi connectivity index (χ1n) is 6.28. The fourth-order valence-corrected chi connectivity index (χ4v) is 2.66. The Kier molecular flexibility index (Phi) is 5.35. The molecule has 3 nitrogen and oxygen atoms in total. The number of benzene rings is 1. The van der Waals surface area contributed by atoms with Crippen molar-refractivity contribution in [1.29, 1.82) is 0 Å². The van der Waals surface area contributed by atoms with Gasteiger partial charge in [-0.15, -0.1) is 0 Å². The lowest BCUT2D eigenvalue weighted by molar-refractivity contribution is 0.560. The third kappa shape index (κ3) is 5.19. The zero-order valence-corrected chi connectivity index (χ0v) is 12.5. The summed E-state index contributed by atoms with van der Waals surface area (Å²) in [5.74, 6) is 0.250. The highest BCUT2D eigenvalue weighted by Crippen LogP contribution is 2.18. The Balaban J connectivity index is 2.50. The molecule has 1 rings (SSSR count). The second kappa shape index (κ2) is 6.34. The monoisotopic (exact) mass is 269 g/mol. The van der Waals surface area contributed by atoms with Crippen LogP contribution in [0.15, 0.2) is 18.2 Å². The molecule has 0 saturated heterocycles. The lowest BCUT2D eigenvalue weighted by Gasteiger charge is -2.17. The molecule has 1 atom stereocenters. The first-order chi connectivity index (χ1) is 8.29. The van der Waals surface area contributed by atoms with Crippen LogP contribution in [0.2, 0.25) is 0 Å². The molecule has 18 heavy (non-hydrogen) atoms. The Morgan fingerprint density at radius 1 is 1.28 bits per heavy atom. The average molecular weight is 269 g/mol. The van der Waals surface area contributed by atoms with E-state index in [1.807, 2.05) is 0 Å². The van der Waals surface area contributed by atoms with Gasteiger partial charge in [0.1, 0.15) is 9.84 Å². The van der Waals surface area contributed by atoms with Gasteiger partial charge in [-0.05, 0) is 44.9 Å². The predicted octanol–water partition coefficient (Wildman–Crippen LogP) is 2.39. The minimum atomic E-state index is -2.84. The quantitative estimate of drug-likeness (QED) is 0.807. The molecule has 0 aliphatic rings. The zero-order valence-electron chi connectivity index (χ0n) is 11.7. The number of aryl methyl sites for hydroxylation is 2. The molecule has 4 heteroatoms. The lowest BCUT2D eigenvalue weighted by atomic mass is 10.00. The van der Waals surface area contributed by atoms with Gasteiger partial charge < -0.3 is 5.32 Å². The first kappa shape index (κ1) is 15.2. The summed E-state index contributed by atoms with van der Waals surface area (Å²) in [6, 6.07) is 6.67. The molecule has 1 N–H and O–H groups in total. The minimum absolute atomic E-state index is 0.250. The van der Waals surface area contributed by atoms with Crippen LogP contribution in [0.4, 0.5) is 0 Å². The number of sulfone groups is 1. The molecular weight excluding hydrogens is 246 g/mol. The van der Waals surface area contributed by atoms with E-state index in [0.29, 0.717) is 6.42 Å². The van der Waals surface area contributed by atoms with E-state index in [1.165, 1.54) is 22.9 Å². The molecule has 0 fully saturated rings. The van der Waals surface area contributed by atoms with E-state index in [-0.39, 0.29) is 11.8 Å². The van der Waals surface area contributed by atoms with Crippen LogP contribution in [0, 0.1) is 13.8 Å². The van der Waals surface area contributed by atoms with Gasteiger partial charge in [0.25, 0.3) is 0 Å². The SMILES string of the molecule is Cc1ccc(C)c(C(C)NCCCS(C)(=O)=O)c1. The van der Waals surface area contributed by atoms with Crippen molar-refractivity contribution in [3.8, 4) is 0 Å². The molecule has 0 radical (unpaired) electrons. The number of hydrogen-bond acceptors (Lipinski definition) is 3. The molecule has 0 bridgehead atoms. The molecule has 0 aliphatic heterocycles. The van der Waals surface area contributed by atoms with Crippen molar-refractivity contribution < 1.29 is 8.42 Å². The molecule has 0 amide bonds. The normalized spacial score (nSPS) is 13.6. The summed E-state index contributed by atoms with van der Waals surface area (Å²) in [5.41, 5.74) is 3.80. The third-order valence-corrected chi connectivity index (χ3v) is 4.07. The second-order valence-corrected chi connectivity index (χ2v) is 7.28. The first-order valence-corrected chi connectivity index (χ1v) is 8.34. The Labute approximate surface area is 111 Å². The van der Waals surface area contributed by atoms with Crippen molar-refractivity contribution >= 4 is 9.84 Å². The van der Waals surface area contributed by atoms with Crippen LogP contribution in [0.1, 0.15) is 36.1 Å². The lowest BCUT2D eigenvalue weighted by Crippen LogP contribution is -2.22. The van der Waals surface area contributed by atoms with Crippen molar-refractivity contribution in [3.05, 3.63) is 34.9 Å². The molecular formula is C14H23NO2S. The maximum atomic E-state index is 11.0. The number of hydrogen-bond donors (Lipinski definition) is 1. The van der Waals surface area contributed by atoms with Crippen LogP contribution < -0.4 is 5.32 Å². The summed E-state index contributed by atoms with van der Waals surface area (Å²) in [5, 5.41) is 3.38. The van der Waals surface area contributed by atoms with E-state index < -0.39 is 9.84 Å². The van der Waals surface area contributed by atoms with Crippen molar-refractivity contribution in [3.63, 3.8) is 0 Å². The second-order valence-electron chi connectivity index (χ2n) is 5.02. The third-order valence-electron chi connectivity index (χ3n) is 3.04. The van der Waals surface area contributed by atoms with Crippen LogP contribution in [0.25, 0.3) is 0 Å². The number of nitrogens with one attached hydrogen (secondary N) is 1. The van der Waals surface area contributed by atoms with Gasteiger partial charge in [-0.2, -0.15) is 0 Å². The van der Waals surface area contributed by atoms with E-state index >= 15 is 0 Å². The maximum Gasteiger partial charge on any atom is 0.147 e. The molecule has 0 aliphatic carbocycles. The van der Waals surface area contributed by atoms with Gasteiger partial charge in [0.15, 0.2) is 0 Å².